The summed E-state index contributed by atoms with van der Waals surface area (Å²) in [6.07, 6.45) is 25.1. The van der Waals surface area contributed by atoms with E-state index >= 15 is 0 Å². The number of hydrogen-bond donors (Lipinski definition) is 0. The minimum Gasteiger partial charge on any atom is -0.311 e. The Hall–Kier alpha value is -7.42. The topological polar surface area (TPSA) is 6.48 Å². The van der Waals surface area contributed by atoms with Gasteiger partial charge >= 0.3 is 0 Å². The standard InChI is InChI=1S/C83H96N2/c1-9-13-17-19-21-23-51-83(52-24-22-20-18-14-10-2)81-59-69(35-49-79(81)80-50-36-70(60-82(80)83)72-57-63(7)54-64(8)58-72)67-31-41-75(42-32-67)84(73-37-27-65(28-38-73)25-15-11-3)77-45-47-78(48-46-77)85(74-39-29-66(30-40-74)26-16-12-4)76-43-33-68(34-44-76)71-55-61(5)53-62(6)56-71/h27-50,53-60H,9-26,51-52H2,1-8H3. The molecule has 85 heavy (non-hydrogen) atoms. The lowest BCUT2D eigenvalue weighted by molar-refractivity contribution is 0.398. The summed E-state index contributed by atoms with van der Waals surface area (Å²) < 4.78 is 0. The van der Waals surface area contributed by atoms with Crippen molar-refractivity contribution in [3.8, 4) is 44.5 Å². The van der Waals surface area contributed by atoms with E-state index in [4.69, 9.17) is 0 Å². The second-order valence-electron chi connectivity index (χ2n) is 25.2. The Morgan fingerprint density at radius 1 is 0.259 bits per heavy atom. The van der Waals surface area contributed by atoms with Crippen LogP contribution in [0.4, 0.5) is 34.1 Å². The van der Waals surface area contributed by atoms with E-state index in [0.29, 0.717) is 0 Å². The summed E-state index contributed by atoms with van der Waals surface area (Å²) in [6, 6.07) is 75.4. The Labute approximate surface area is 513 Å². The fraction of sp³-hybridized carbons (Fsp3) is 0.349. The van der Waals surface area contributed by atoms with Gasteiger partial charge in [0.25, 0.3) is 0 Å². The Balaban J connectivity index is 1.01. The molecule has 0 amide bonds. The molecule has 0 spiro atoms. The third kappa shape index (κ3) is 14.6. The van der Waals surface area contributed by atoms with Crippen molar-refractivity contribution in [3.63, 3.8) is 0 Å². The number of anilines is 6. The van der Waals surface area contributed by atoms with E-state index < -0.39 is 0 Å². The maximum absolute atomic E-state index is 2.63. The quantitative estimate of drug-likeness (QED) is 0.0431. The number of rotatable bonds is 29. The number of fused-ring (bicyclic) bond motifs is 3. The first-order valence-corrected chi connectivity index (χ1v) is 33.1. The average molecular weight is 1120 g/mol. The van der Waals surface area contributed by atoms with Crippen LogP contribution in [0.15, 0.2) is 194 Å². The summed E-state index contributed by atoms with van der Waals surface area (Å²) in [5, 5.41) is 0. The van der Waals surface area contributed by atoms with Gasteiger partial charge in [0.1, 0.15) is 0 Å². The van der Waals surface area contributed by atoms with Crippen molar-refractivity contribution < 1.29 is 0 Å². The first kappa shape index (κ1) is 60.7. The van der Waals surface area contributed by atoms with Crippen LogP contribution in [-0.2, 0) is 18.3 Å². The molecule has 9 aromatic rings. The average Bonchev–Trinajstić information content (AvgIpc) is 1.69. The third-order valence-electron chi connectivity index (χ3n) is 18.4. The third-order valence-corrected chi connectivity index (χ3v) is 18.4. The van der Waals surface area contributed by atoms with Crippen molar-refractivity contribution in [2.45, 2.75) is 189 Å². The van der Waals surface area contributed by atoms with Gasteiger partial charge in [-0.05, 0) is 218 Å². The molecule has 0 radical (unpaired) electrons. The fourth-order valence-corrected chi connectivity index (χ4v) is 13.9. The molecular weight excluding hydrogens is 1020 g/mol. The lowest BCUT2D eigenvalue weighted by Gasteiger charge is -2.33. The van der Waals surface area contributed by atoms with Crippen LogP contribution in [0, 0.1) is 27.7 Å². The highest BCUT2D eigenvalue weighted by Gasteiger charge is 2.42. The van der Waals surface area contributed by atoms with E-state index in [1.54, 1.807) is 11.1 Å². The van der Waals surface area contributed by atoms with Gasteiger partial charge in [-0.1, -0.05) is 249 Å². The predicted octanol–water partition coefficient (Wildman–Crippen LogP) is 25.3. The molecule has 0 N–H and O–H groups in total. The summed E-state index contributed by atoms with van der Waals surface area (Å²) in [7, 11) is 0. The molecule has 0 saturated heterocycles. The highest BCUT2D eigenvalue weighted by atomic mass is 15.2. The van der Waals surface area contributed by atoms with E-state index in [1.165, 1.54) is 193 Å². The van der Waals surface area contributed by atoms with Gasteiger partial charge in [-0.2, -0.15) is 0 Å². The highest BCUT2D eigenvalue weighted by Crippen LogP contribution is 2.56. The largest absolute Gasteiger partial charge is 0.311 e. The number of hydrogen-bond acceptors (Lipinski definition) is 2. The monoisotopic (exact) mass is 1120 g/mol. The van der Waals surface area contributed by atoms with Gasteiger partial charge in [0, 0.05) is 39.5 Å². The molecule has 0 bridgehead atoms. The SMILES string of the molecule is CCCCCCCCC1(CCCCCCCC)c2cc(-c3ccc(N(c4ccc(CCCC)cc4)c4ccc(N(c5ccc(CCCC)cc5)c5ccc(-c6cc(C)cc(C)c6)cc5)cc4)cc3)ccc2-c2ccc(-c3cc(C)cc(C)c3)cc21. The highest BCUT2D eigenvalue weighted by molar-refractivity contribution is 5.88. The zero-order valence-electron chi connectivity index (χ0n) is 53.0. The second kappa shape index (κ2) is 29.1. The van der Waals surface area contributed by atoms with Crippen molar-refractivity contribution in [2.24, 2.45) is 0 Å². The van der Waals surface area contributed by atoms with Crippen LogP contribution in [0.1, 0.15) is 188 Å². The Morgan fingerprint density at radius 2 is 0.541 bits per heavy atom. The van der Waals surface area contributed by atoms with Crippen molar-refractivity contribution in [2.75, 3.05) is 9.80 Å². The van der Waals surface area contributed by atoms with Crippen LogP contribution < -0.4 is 9.80 Å². The minimum atomic E-state index is -0.0328. The van der Waals surface area contributed by atoms with E-state index in [2.05, 4.69) is 259 Å². The summed E-state index contributed by atoms with van der Waals surface area (Å²) in [6.45, 7) is 18.1. The van der Waals surface area contributed by atoms with Gasteiger partial charge in [-0.15, -0.1) is 0 Å². The number of unbranched alkanes of at least 4 members (excludes halogenated alkanes) is 12. The molecule has 1 aliphatic rings. The van der Waals surface area contributed by atoms with Gasteiger partial charge in [-0.25, -0.2) is 0 Å². The summed E-state index contributed by atoms with van der Waals surface area (Å²) in [4.78, 5) is 4.86. The smallest absolute Gasteiger partial charge is 0.0463 e. The van der Waals surface area contributed by atoms with E-state index in [0.717, 1.165) is 47.0 Å². The van der Waals surface area contributed by atoms with Crippen LogP contribution >= 0.6 is 0 Å². The van der Waals surface area contributed by atoms with Crippen LogP contribution in [0.2, 0.25) is 0 Å². The second-order valence-corrected chi connectivity index (χ2v) is 25.2. The van der Waals surface area contributed by atoms with Crippen LogP contribution in [0.3, 0.4) is 0 Å². The van der Waals surface area contributed by atoms with Crippen LogP contribution in [0.5, 0.6) is 0 Å². The first-order chi connectivity index (χ1) is 41.6. The van der Waals surface area contributed by atoms with Crippen molar-refractivity contribution in [1.29, 1.82) is 0 Å². The van der Waals surface area contributed by atoms with E-state index in [1.807, 2.05) is 0 Å². The zero-order valence-corrected chi connectivity index (χ0v) is 53.0. The Kier molecular flexibility index (Phi) is 20.8. The first-order valence-electron chi connectivity index (χ1n) is 33.1. The van der Waals surface area contributed by atoms with Crippen molar-refractivity contribution in [1.82, 2.24) is 0 Å². The Bertz CT molecular complexity index is 3510. The maximum Gasteiger partial charge on any atom is 0.0463 e. The zero-order chi connectivity index (χ0) is 59.1. The molecule has 0 aliphatic heterocycles. The molecule has 438 valence electrons. The molecule has 0 heterocycles. The minimum absolute atomic E-state index is 0.0328. The van der Waals surface area contributed by atoms with Gasteiger partial charge in [-0.3, -0.25) is 0 Å². The normalized spacial score (nSPS) is 12.3. The molecule has 10 rings (SSSR count). The van der Waals surface area contributed by atoms with Gasteiger partial charge in [0.2, 0.25) is 0 Å². The molecule has 0 saturated carbocycles. The number of benzene rings is 9. The predicted molar refractivity (Wildman–Crippen MR) is 370 cm³/mol. The Morgan fingerprint density at radius 3 is 0.906 bits per heavy atom. The van der Waals surface area contributed by atoms with Gasteiger partial charge < -0.3 is 9.80 Å². The van der Waals surface area contributed by atoms with Crippen molar-refractivity contribution >= 4 is 34.1 Å². The van der Waals surface area contributed by atoms with E-state index in [9.17, 15) is 0 Å². The molecule has 2 heteroatoms. The summed E-state index contributed by atoms with van der Waals surface area (Å²) in [5.41, 5.74) is 28.5. The molecule has 1 aliphatic carbocycles. The molecule has 0 fully saturated rings. The molecule has 0 aromatic heterocycles. The van der Waals surface area contributed by atoms with Gasteiger partial charge in [0.05, 0.1) is 0 Å². The summed E-state index contributed by atoms with van der Waals surface area (Å²) in [5.74, 6) is 0. The fourth-order valence-electron chi connectivity index (χ4n) is 13.9. The van der Waals surface area contributed by atoms with Crippen molar-refractivity contribution in [3.05, 3.63) is 239 Å². The van der Waals surface area contributed by atoms with E-state index in [-0.39, 0.29) is 5.41 Å². The maximum atomic E-state index is 2.63. The van der Waals surface area contributed by atoms with Crippen LogP contribution in [-0.4, -0.2) is 0 Å². The van der Waals surface area contributed by atoms with Crippen LogP contribution in [0.25, 0.3) is 44.5 Å². The molecule has 0 unspecified atom stereocenters. The molecular formula is C83H96N2. The summed E-state index contributed by atoms with van der Waals surface area (Å²) >= 11 is 0. The number of nitrogens with zero attached hydrogens (tertiary/aromatic N) is 2. The lowest BCUT2D eigenvalue weighted by atomic mass is 9.70. The molecule has 0 atom stereocenters. The molecule has 2 nitrogen and oxygen atoms in total. The number of aryl methyl sites for hydroxylation is 6. The lowest BCUT2D eigenvalue weighted by Crippen LogP contribution is -2.25. The van der Waals surface area contributed by atoms with Gasteiger partial charge in [0.15, 0.2) is 0 Å². The molecule has 9 aromatic carbocycles.